The van der Waals surface area contributed by atoms with Gasteiger partial charge in [0, 0.05) is 62.4 Å². The third-order valence-corrected chi connectivity index (χ3v) is 27.5. The van der Waals surface area contributed by atoms with Crippen molar-refractivity contribution in [1.29, 1.82) is 0 Å². The summed E-state index contributed by atoms with van der Waals surface area (Å²) in [5, 5.41) is 4.50. The second kappa shape index (κ2) is 19.3. The summed E-state index contributed by atoms with van der Waals surface area (Å²) in [6.45, 7) is 0.393. The van der Waals surface area contributed by atoms with Gasteiger partial charge in [-0.15, -0.1) is 0 Å². The van der Waals surface area contributed by atoms with E-state index in [0.717, 1.165) is 51.9 Å². The molecule has 0 radical (unpaired) electrons. The molecule has 8 aromatic rings. The summed E-state index contributed by atoms with van der Waals surface area (Å²) in [4.78, 5) is 13.0. The second-order valence-electron chi connectivity index (χ2n) is 28.6. The first-order valence-electron chi connectivity index (χ1n) is 33.3. The Morgan fingerprint density at radius 1 is 0.410 bits per heavy atom. The molecule has 0 bridgehead atoms. The lowest BCUT2D eigenvalue weighted by molar-refractivity contribution is -0.0912. The van der Waals surface area contributed by atoms with Crippen LogP contribution in [0.4, 0.5) is 0 Å². The molecule has 7 aromatic carbocycles. The fourth-order valence-corrected chi connectivity index (χ4v) is 25.4. The lowest BCUT2D eigenvalue weighted by Gasteiger charge is -2.69. The first-order chi connectivity index (χ1) is 41.2. The third kappa shape index (κ3) is 7.23. The molecule has 7 saturated carbocycles. The van der Waals surface area contributed by atoms with Crippen LogP contribution in [0.15, 0.2) is 193 Å². The minimum atomic E-state index is 0.393. The summed E-state index contributed by atoms with van der Waals surface area (Å²) < 4.78 is 2.86. The van der Waals surface area contributed by atoms with Gasteiger partial charge >= 0.3 is 0 Å². The molecular weight excluding hydrogens is 1020 g/mol. The van der Waals surface area contributed by atoms with E-state index in [1.165, 1.54) is 140 Å². The van der Waals surface area contributed by atoms with Gasteiger partial charge in [0.15, 0.2) is 12.7 Å². The summed E-state index contributed by atoms with van der Waals surface area (Å²) >= 11 is 2.47. The van der Waals surface area contributed by atoms with E-state index in [-0.39, 0.29) is 0 Å². The maximum absolute atomic E-state index is 6.43. The molecule has 6 heteroatoms. The fraction of sp³-hybridized carbons (Fsp3) is 0.442. The molecule has 4 aliphatic heterocycles. The Balaban J connectivity index is 0.836. The van der Waals surface area contributed by atoms with Crippen LogP contribution in [0, 0.1) is 47.3 Å². The van der Waals surface area contributed by atoms with Crippen molar-refractivity contribution in [3.8, 4) is 22.3 Å². The molecule has 20 unspecified atom stereocenters. The Labute approximate surface area is 497 Å². The molecular formula is C77H79BN4S. The van der Waals surface area contributed by atoms with Crippen molar-refractivity contribution in [1.82, 2.24) is 14.4 Å². The summed E-state index contributed by atoms with van der Waals surface area (Å²) in [5.41, 5.74) is 13.4. The maximum atomic E-state index is 6.43. The number of nitrogens with zero attached hydrogens (tertiary/aromatic N) is 4. The molecule has 416 valence electrons. The highest BCUT2D eigenvalue weighted by Gasteiger charge is 2.72. The highest BCUT2D eigenvalue weighted by molar-refractivity contribution is 8.00. The van der Waals surface area contributed by atoms with Crippen molar-refractivity contribution in [2.24, 2.45) is 52.3 Å². The largest absolute Gasteiger partial charge is 0.337 e. The molecule has 4 nitrogen and oxygen atoms in total. The number of hydrogen-bond donors (Lipinski definition) is 0. The smallest absolute Gasteiger partial charge is 0.198 e. The van der Waals surface area contributed by atoms with E-state index in [1.54, 1.807) is 16.6 Å². The number of guanidine groups is 1. The monoisotopic (exact) mass is 1100 g/mol. The van der Waals surface area contributed by atoms with Crippen molar-refractivity contribution >= 4 is 51.7 Å². The van der Waals surface area contributed by atoms with Crippen molar-refractivity contribution in [2.75, 3.05) is 0 Å². The SMILES string of the molecule is c1ccc(-c2cccc(-c3ccccc3)c2B2C3CC(n4c5ccccc5c5ccccc54)CCC3N3C4=NC5CCC6SC7CCCCC7C6C5N4C4CCC5C6CC(c7ccccc7)C(c7ccccc7)CC6C6CC2C3C4C56)cc1. The van der Waals surface area contributed by atoms with Gasteiger partial charge in [-0.1, -0.05) is 201 Å². The first kappa shape index (κ1) is 49.3. The van der Waals surface area contributed by atoms with Crippen LogP contribution < -0.4 is 5.46 Å². The zero-order chi connectivity index (χ0) is 54.0. The average molecular weight is 1100 g/mol. The molecule has 0 spiro atoms. The van der Waals surface area contributed by atoms with Gasteiger partial charge in [0.05, 0.1) is 12.1 Å². The van der Waals surface area contributed by atoms with Gasteiger partial charge in [0.25, 0.3) is 0 Å². The van der Waals surface area contributed by atoms with E-state index in [1.807, 2.05) is 0 Å². The minimum absolute atomic E-state index is 0.393. The van der Waals surface area contributed by atoms with Crippen molar-refractivity contribution in [2.45, 2.75) is 160 Å². The number of aromatic nitrogens is 1. The number of fused-ring (bicyclic) bond motifs is 17. The quantitative estimate of drug-likeness (QED) is 0.155. The van der Waals surface area contributed by atoms with Gasteiger partial charge in [-0.25, -0.2) is 4.99 Å². The number of thioether (sulfide) groups is 1. The Hall–Kier alpha value is -5.98. The number of para-hydroxylation sites is 2. The highest BCUT2D eigenvalue weighted by atomic mass is 32.2. The van der Waals surface area contributed by atoms with Crippen LogP contribution in [0.2, 0.25) is 11.6 Å². The van der Waals surface area contributed by atoms with Crippen LogP contribution in [-0.2, 0) is 0 Å². The predicted molar refractivity (Wildman–Crippen MR) is 345 cm³/mol. The molecule has 0 amide bonds. The van der Waals surface area contributed by atoms with Crippen molar-refractivity contribution < 1.29 is 0 Å². The van der Waals surface area contributed by atoms with Crippen LogP contribution in [-0.4, -0.2) is 67.7 Å². The van der Waals surface area contributed by atoms with Crippen LogP contribution in [0.5, 0.6) is 0 Å². The van der Waals surface area contributed by atoms with Gasteiger partial charge in [-0.2, -0.15) is 11.8 Å². The fourth-order valence-electron chi connectivity index (χ4n) is 23.3. The van der Waals surface area contributed by atoms with E-state index in [0.29, 0.717) is 72.4 Å². The van der Waals surface area contributed by atoms with Crippen LogP contribution in [0.25, 0.3) is 44.1 Å². The van der Waals surface area contributed by atoms with Gasteiger partial charge in [-0.05, 0) is 181 Å². The minimum Gasteiger partial charge on any atom is -0.337 e. The predicted octanol–water partition coefficient (Wildman–Crippen LogP) is 17.2. The van der Waals surface area contributed by atoms with Gasteiger partial charge < -0.3 is 14.4 Å². The zero-order valence-corrected chi connectivity index (χ0v) is 48.9. The molecule has 10 fully saturated rings. The zero-order valence-electron chi connectivity index (χ0n) is 48.1. The van der Waals surface area contributed by atoms with Gasteiger partial charge in [0.1, 0.15) is 0 Å². The van der Waals surface area contributed by atoms with E-state index < -0.39 is 0 Å². The Morgan fingerprint density at radius 2 is 1.00 bits per heavy atom. The number of rotatable bonds is 6. The molecule has 19 rings (SSSR count). The highest BCUT2D eigenvalue weighted by Crippen LogP contribution is 2.72. The average Bonchev–Trinajstić information content (AvgIpc) is 2.11. The molecule has 5 heterocycles. The van der Waals surface area contributed by atoms with Crippen molar-refractivity contribution in [3.63, 3.8) is 0 Å². The lowest BCUT2D eigenvalue weighted by atomic mass is 9.22. The number of benzene rings is 7. The van der Waals surface area contributed by atoms with Gasteiger partial charge in [0.2, 0.25) is 0 Å². The molecule has 11 aliphatic rings. The lowest BCUT2D eigenvalue weighted by Crippen LogP contribution is -2.78. The standard InChI is InChI=1S/C77H79BN4S/c1-5-20-46(21-6-1)51-31-19-32-52(47-22-7-2-8-23-47)74(51)78-62-42-50(80-65-33-16-13-28-53(65)54-29-14-17-34-66(54)80)36-39-67(62)81-75-63(78)45-61-60-44-58(49-26-11-4-12-27-49)57(48-24-9-3-10-25-48)43-59(60)55-37-40-68(73(75)71(55)61)82-76-64(79-77(81)82)38-41-70-72(76)56-30-15-18-35-69(56)83-70/h1-14,16-17,19-29,31-34,50,55-64,67-73,75-76H,15,18,30,35-45H2. The Bertz CT molecular complexity index is 3680. The first-order valence-corrected chi connectivity index (χ1v) is 34.3. The summed E-state index contributed by atoms with van der Waals surface area (Å²) in [7, 11) is 0. The summed E-state index contributed by atoms with van der Waals surface area (Å²) in [5.74, 6) is 9.69. The number of aliphatic imine (C=N–C) groups is 1. The summed E-state index contributed by atoms with van der Waals surface area (Å²) in [6.07, 6.45) is 18.9. The van der Waals surface area contributed by atoms with Crippen LogP contribution in [0.1, 0.15) is 119 Å². The van der Waals surface area contributed by atoms with Crippen LogP contribution in [0.3, 0.4) is 0 Å². The molecule has 83 heavy (non-hydrogen) atoms. The maximum Gasteiger partial charge on any atom is 0.198 e. The third-order valence-electron chi connectivity index (χ3n) is 25.7. The molecule has 7 aliphatic carbocycles. The van der Waals surface area contributed by atoms with E-state index >= 15 is 0 Å². The molecule has 0 N–H and O–H groups in total. The Morgan fingerprint density at radius 3 is 1.67 bits per heavy atom. The van der Waals surface area contributed by atoms with E-state index in [2.05, 4.69) is 214 Å². The summed E-state index contributed by atoms with van der Waals surface area (Å²) in [6, 6.07) is 76.6. The normalized spacial score (nSPS) is 37.9. The molecule has 3 saturated heterocycles. The molecule has 1 aromatic heterocycles. The topological polar surface area (TPSA) is 23.8 Å². The van der Waals surface area contributed by atoms with Crippen LogP contribution >= 0.6 is 11.8 Å². The van der Waals surface area contributed by atoms with E-state index in [9.17, 15) is 0 Å². The second-order valence-corrected chi connectivity index (χ2v) is 30.1. The van der Waals surface area contributed by atoms with Crippen molar-refractivity contribution in [3.05, 3.63) is 199 Å². The number of hydrogen-bond acceptors (Lipinski definition) is 4. The Kier molecular flexibility index (Phi) is 11.4. The van der Waals surface area contributed by atoms with E-state index in [4.69, 9.17) is 4.99 Å². The molecule has 20 atom stereocenters. The van der Waals surface area contributed by atoms with Gasteiger partial charge in [-0.3, -0.25) is 0 Å².